The van der Waals surface area contributed by atoms with E-state index in [9.17, 15) is 4.79 Å². The topological polar surface area (TPSA) is 26.3 Å². The molecule has 15 heavy (non-hydrogen) atoms. The Labute approximate surface area is 90.3 Å². The molecule has 0 amide bonds. The monoisotopic (exact) mass is 204 g/mol. The number of hydrogen-bond donors (Lipinski definition) is 0. The first-order valence-corrected chi connectivity index (χ1v) is 5.48. The molecule has 1 aliphatic rings. The maximum atomic E-state index is 11.8. The van der Waals surface area contributed by atoms with Crippen LogP contribution in [0, 0.1) is 0 Å². The lowest BCUT2D eigenvalue weighted by molar-refractivity contribution is -0.121. The number of ketones is 1. The average molecular weight is 204 g/mol. The number of methoxy groups -OCH3 is 1. The van der Waals surface area contributed by atoms with Gasteiger partial charge in [-0.15, -0.1) is 0 Å². The summed E-state index contributed by atoms with van der Waals surface area (Å²) >= 11 is 0. The number of carbonyl (C=O) groups is 1. The summed E-state index contributed by atoms with van der Waals surface area (Å²) in [6.45, 7) is 0. The van der Waals surface area contributed by atoms with Crippen LogP contribution in [0.15, 0.2) is 24.3 Å². The van der Waals surface area contributed by atoms with Crippen molar-refractivity contribution in [3.63, 3.8) is 0 Å². The van der Waals surface area contributed by atoms with Crippen molar-refractivity contribution >= 4 is 5.78 Å². The maximum absolute atomic E-state index is 11.8. The highest BCUT2D eigenvalue weighted by Crippen LogP contribution is 2.31. The summed E-state index contributed by atoms with van der Waals surface area (Å²) < 4.78 is 5.17. The lowest BCUT2D eigenvalue weighted by atomic mass is 9.83. The minimum atomic E-state index is 0.105. The van der Waals surface area contributed by atoms with E-state index in [1.165, 1.54) is 0 Å². The van der Waals surface area contributed by atoms with Crippen LogP contribution < -0.4 is 4.74 Å². The number of ether oxygens (including phenoxy) is 1. The highest BCUT2D eigenvalue weighted by molar-refractivity contribution is 5.86. The van der Waals surface area contributed by atoms with E-state index in [0.29, 0.717) is 5.78 Å². The third-order valence-corrected chi connectivity index (χ3v) is 3.05. The SMILES string of the molecule is COc1cccc([C@H]2CCCCC2=O)c1. The van der Waals surface area contributed by atoms with Crippen LogP contribution >= 0.6 is 0 Å². The number of hydrogen-bond acceptors (Lipinski definition) is 2. The van der Waals surface area contributed by atoms with Gasteiger partial charge in [-0.25, -0.2) is 0 Å². The van der Waals surface area contributed by atoms with Crippen LogP contribution in [0.5, 0.6) is 5.75 Å². The minimum absolute atomic E-state index is 0.105. The van der Waals surface area contributed by atoms with E-state index in [1.807, 2.05) is 24.3 Å². The average Bonchev–Trinajstić information content (AvgIpc) is 2.30. The minimum Gasteiger partial charge on any atom is -0.497 e. The number of rotatable bonds is 2. The van der Waals surface area contributed by atoms with Gasteiger partial charge in [0.1, 0.15) is 11.5 Å². The molecule has 0 aromatic heterocycles. The van der Waals surface area contributed by atoms with E-state index in [0.717, 1.165) is 37.0 Å². The molecule has 1 aromatic rings. The molecule has 1 aliphatic carbocycles. The zero-order valence-corrected chi connectivity index (χ0v) is 9.03. The van der Waals surface area contributed by atoms with Gasteiger partial charge >= 0.3 is 0 Å². The van der Waals surface area contributed by atoms with Gasteiger partial charge in [0.25, 0.3) is 0 Å². The van der Waals surface area contributed by atoms with Crippen LogP contribution in [-0.4, -0.2) is 12.9 Å². The van der Waals surface area contributed by atoms with Gasteiger partial charge in [0.05, 0.1) is 7.11 Å². The van der Waals surface area contributed by atoms with Gasteiger partial charge < -0.3 is 4.74 Å². The first-order chi connectivity index (χ1) is 7.31. The number of benzene rings is 1. The summed E-state index contributed by atoms with van der Waals surface area (Å²) in [4.78, 5) is 11.8. The Morgan fingerprint density at radius 1 is 1.33 bits per heavy atom. The highest BCUT2D eigenvalue weighted by Gasteiger charge is 2.23. The molecule has 80 valence electrons. The van der Waals surface area contributed by atoms with Crippen molar-refractivity contribution in [3.8, 4) is 5.75 Å². The Morgan fingerprint density at radius 3 is 2.93 bits per heavy atom. The molecule has 1 fully saturated rings. The van der Waals surface area contributed by atoms with Crippen LogP contribution in [0.4, 0.5) is 0 Å². The van der Waals surface area contributed by atoms with E-state index in [4.69, 9.17) is 4.74 Å². The summed E-state index contributed by atoms with van der Waals surface area (Å²) in [5.41, 5.74) is 1.11. The molecule has 1 saturated carbocycles. The molecule has 0 N–H and O–H groups in total. The van der Waals surface area contributed by atoms with Crippen molar-refractivity contribution in [2.75, 3.05) is 7.11 Å². The summed E-state index contributed by atoms with van der Waals surface area (Å²) in [7, 11) is 1.65. The van der Waals surface area contributed by atoms with E-state index < -0.39 is 0 Å². The van der Waals surface area contributed by atoms with Crippen LogP contribution in [0.2, 0.25) is 0 Å². The lowest BCUT2D eigenvalue weighted by Crippen LogP contribution is -2.16. The fourth-order valence-electron chi connectivity index (χ4n) is 2.19. The molecule has 0 bridgehead atoms. The van der Waals surface area contributed by atoms with Crippen LogP contribution in [0.25, 0.3) is 0 Å². The normalized spacial score (nSPS) is 21.4. The molecule has 0 unspecified atom stereocenters. The van der Waals surface area contributed by atoms with Gasteiger partial charge in [-0.1, -0.05) is 18.6 Å². The largest absolute Gasteiger partial charge is 0.497 e. The Morgan fingerprint density at radius 2 is 2.20 bits per heavy atom. The highest BCUT2D eigenvalue weighted by atomic mass is 16.5. The standard InChI is InChI=1S/C13H16O2/c1-15-11-6-4-5-10(9-11)12-7-2-3-8-13(12)14/h4-6,9,12H,2-3,7-8H2,1H3/t12-/m1/s1. The smallest absolute Gasteiger partial charge is 0.140 e. The van der Waals surface area contributed by atoms with Gasteiger partial charge in [0.15, 0.2) is 0 Å². The Bertz CT molecular complexity index is 357. The van der Waals surface area contributed by atoms with Crippen molar-refractivity contribution in [1.82, 2.24) is 0 Å². The molecule has 0 heterocycles. The summed E-state index contributed by atoms with van der Waals surface area (Å²) in [5, 5.41) is 0. The van der Waals surface area contributed by atoms with Gasteiger partial charge in [0.2, 0.25) is 0 Å². The fourth-order valence-corrected chi connectivity index (χ4v) is 2.19. The summed E-state index contributed by atoms with van der Waals surface area (Å²) in [6, 6.07) is 7.87. The molecular weight excluding hydrogens is 188 g/mol. The summed E-state index contributed by atoms with van der Waals surface area (Å²) in [5.74, 6) is 1.33. The summed E-state index contributed by atoms with van der Waals surface area (Å²) in [6.07, 6.45) is 3.95. The second-order valence-electron chi connectivity index (χ2n) is 4.04. The molecule has 1 aromatic carbocycles. The van der Waals surface area contributed by atoms with E-state index in [-0.39, 0.29) is 5.92 Å². The zero-order valence-electron chi connectivity index (χ0n) is 9.03. The maximum Gasteiger partial charge on any atom is 0.140 e. The van der Waals surface area contributed by atoms with Crippen molar-refractivity contribution < 1.29 is 9.53 Å². The molecule has 2 nitrogen and oxygen atoms in total. The third-order valence-electron chi connectivity index (χ3n) is 3.05. The fraction of sp³-hybridized carbons (Fsp3) is 0.462. The molecule has 0 saturated heterocycles. The molecule has 1 atom stereocenters. The Balaban J connectivity index is 2.23. The second kappa shape index (κ2) is 4.47. The van der Waals surface area contributed by atoms with E-state index in [2.05, 4.69) is 0 Å². The van der Waals surface area contributed by atoms with Crippen LogP contribution in [0.3, 0.4) is 0 Å². The van der Waals surface area contributed by atoms with Crippen molar-refractivity contribution in [1.29, 1.82) is 0 Å². The zero-order chi connectivity index (χ0) is 10.7. The Kier molecular flexibility index (Phi) is 3.05. The lowest BCUT2D eigenvalue weighted by Gasteiger charge is -2.21. The second-order valence-corrected chi connectivity index (χ2v) is 4.04. The predicted octanol–water partition coefficient (Wildman–Crippen LogP) is 2.92. The van der Waals surface area contributed by atoms with Crippen molar-refractivity contribution in [2.45, 2.75) is 31.6 Å². The van der Waals surface area contributed by atoms with E-state index >= 15 is 0 Å². The Hall–Kier alpha value is -1.31. The van der Waals surface area contributed by atoms with Crippen LogP contribution in [-0.2, 0) is 4.79 Å². The quantitative estimate of drug-likeness (QED) is 0.740. The van der Waals surface area contributed by atoms with Gasteiger partial charge in [0, 0.05) is 12.3 Å². The van der Waals surface area contributed by atoms with Gasteiger partial charge in [-0.05, 0) is 30.5 Å². The molecular formula is C13H16O2. The van der Waals surface area contributed by atoms with Crippen molar-refractivity contribution in [3.05, 3.63) is 29.8 Å². The molecule has 0 aliphatic heterocycles. The molecule has 0 radical (unpaired) electrons. The van der Waals surface area contributed by atoms with Crippen molar-refractivity contribution in [2.24, 2.45) is 0 Å². The number of Topliss-reactive ketones (excluding diaryl/α,β-unsaturated/α-hetero) is 1. The molecule has 2 rings (SSSR count). The van der Waals surface area contributed by atoms with Gasteiger partial charge in [-0.3, -0.25) is 4.79 Å². The number of carbonyl (C=O) groups excluding carboxylic acids is 1. The molecule has 2 heteroatoms. The first-order valence-electron chi connectivity index (χ1n) is 5.48. The molecule has 0 spiro atoms. The third kappa shape index (κ3) is 2.20. The van der Waals surface area contributed by atoms with E-state index in [1.54, 1.807) is 7.11 Å². The first kappa shape index (κ1) is 10.2. The predicted molar refractivity (Wildman–Crippen MR) is 59.2 cm³/mol. The van der Waals surface area contributed by atoms with Gasteiger partial charge in [-0.2, -0.15) is 0 Å². The van der Waals surface area contributed by atoms with Crippen LogP contribution in [0.1, 0.15) is 37.2 Å².